The van der Waals surface area contributed by atoms with Crippen LogP contribution in [0.2, 0.25) is 0 Å². The molecule has 0 aliphatic carbocycles. The first-order valence-corrected chi connectivity index (χ1v) is 6.72. The minimum absolute atomic E-state index is 0.0340. The lowest BCUT2D eigenvalue weighted by molar-refractivity contribution is -0.141. The Hall–Kier alpha value is -3.22. The van der Waals surface area contributed by atoms with Crippen molar-refractivity contribution in [3.05, 3.63) is 52.0 Å². The summed E-state index contributed by atoms with van der Waals surface area (Å²) < 4.78 is 39.1. The number of rotatable bonds is 2. The van der Waals surface area contributed by atoms with Crippen molar-refractivity contribution in [2.24, 2.45) is 0 Å². The van der Waals surface area contributed by atoms with E-state index in [-0.39, 0.29) is 16.7 Å². The number of hydrogen-bond acceptors (Lipinski definition) is 5. The van der Waals surface area contributed by atoms with Gasteiger partial charge in [0, 0.05) is 6.20 Å². The minimum atomic E-state index is -4.52. The van der Waals surface area contributed by atoms with E-state index in [0.717, 1.165) is 12.3 Å². The van der Waals surface area contributed by atoms with Crippen molar-refractivity contribution in [3.63, 3.8) is 0 Å². The van der Waals surface area contributed by atoms with E-state index in [4.69, 9.17) is 5.26 Å². The Balaban J connectivity index is 2.10. The third kappa shape index (κ3) is 2.50. The molecular formula is C14H9F3N6O. The number of hydrogen-bond donors (Lipinski definition) is 1. The summed E-state index contributed by atoms with van der Waals surface area (Å²) in [5, 5.41) is 13.2. The molecule has 0 saturated carbocycles. The molecule has 3 aromatic rings. The smallest absolute Gasteiger partial charge is 0.312 e. The van der Waals surface area contributed by atoms with Gasteiger partial charge in [-0.15, -0.1) is 0 Å². The molecule has 0 aliphatic rings. The SMILES string of the molecule is C[C@H](c1ccc(C(F)(F)F)nc1)n1nc(C#N)c2c(=O)[nH]cnc21. The first-order valence-electron chi connectivity index (χ1n) is 6.72. The fraction of sp³-hybridized carbons (Fsp3) is 0.214. The highest BCUT2D eigenvalue weighted by Crippen LogP contribution is 2.29. The van der Waals surface area contributed by atoms with Crippen LogP contribution in [0.15, 0.2) is 29.5 Å². The second kappa shape index (κ2) is 5.45. The van der Waals surface area contributed by atoms with Gasteiger partial charge in [-0.3, -0.25) is 9.78 Å². The molecule has 3 aromatic heterocycles. The van der Waals surface area contributed by atoms with Crippen LogP contribution in [0.4, 0.5) is 13.2 Å². The average molecular weight is 334 g/mol. The van der Waals surface area contributed by atoms with E-state index in [0.29, 0.717) is 5.56 Å². The molecule has 0 fully saturated rings. The second-order valence-corrected chi connectivity index (χ2v) is 4.99. The van der Waals surface area contributed by atoms with Gasteiger partial charge < -0.3 is 4.98 Å². The zero-order valence-electron chi connectivity index (χ0n) is 12.2. The van der Waals surface area contributed by atoms with Gasteiger partial charge in [-0.05, 0) is 18.6 Å². The molecular weight excluding hydrogens is 325 g/mol. The third-order valence-corrected chi connectivity index (χ3v) is 3.53. The molecule has 0 saturated heterocycles. The predicted molar refractivity (Wildman–Crippen MR) is 75.9 cm³/mol. The van der Waals surface area contributed by atoms with Gasteiger partial charge in [-0.1, -0.05) is 6.07 Å². The van der Waals surface area contributed by atoms with Crippen LogP contribution in [-0.2, 0) is 6.18 Å². The van der Waals surface area contributed by atoms with Gasteiger partial charge >= 0.3 is 6.18 Å². The summed E-state index contributed by atoms with van der Waals surface area (Å²) in [5.74, 6) is 0. The summed E-state index contributed by atoms with van der Waals surface area (Å²) in [4.78, 5) is 21.6. The lowest BCUT2D eigenvalue weighted by Crippen LogP contribution is -2.13. The highest BCUT2D eigenvalue weighted by molar-refractivity contribution is 5.79. The van der Waals surface area contributed by atoms with Crippen LogP contribution in [0.3, 0.4) is 0 Å². The summed E-state index contributed by atoms with van der Waals surface area (Å²) in [6.07, 6.45) is -2.27. The maximum absolute atomic E-state index is 12.6. The number of fused-ring (bicyclic) bond motifs is 1. The summed E-state index contributed by atoms with van der Waals surface area (Å²) in [7, 11) is 0. The molecule has 0 unspecified atom stereocenters. The molecule has 3 heterocycles. The maximum Gasteiger partial charge on any atom is 0.433 e. The lowest BCUT2D eigenvalue weighted by atomic mass is 10.1. The number of halogens is 3. The van der Waals surface area contributed by atoms with Crippen molar-refractivity contribution in [1.29, 1.82) is 5.26 Å². The van der Waals surface area contributed by atoms with Crippen molar-refractivity contribution in [2.75, 3.05) is 0 Å². The molecule has 0 spiro atoms. The number of alkyl halides is 3. The van der Waals surface area contributed by atoms with E-state index in [1.54, 1.807) is 6.92 Å². The number of aromatic nitrogens is 5. The largest absolute Gasteiger partial charge is 0.433 e. The van der Waals surface area contributed by atoms with Crippen LogP contribution < -0.4 is 5.56 Å². The number of aromatic amines is 1. The van der Waals surface area contributed by atoms with Crippen LogP contribution in [0.25, 0.3) is 11.0 Å². The lowest BCUT2D eigenvalue weighted by Gasteiger charge is -2.14. The summed E-state index contributed by atoms with van der Waals surface area (Å²) >= 11 is 0. The molecule has 0 amide bonds. The first kappa shape index (κ1) is 15.7. The van der Waals surface area contributed by atoms with Crippen molar-refractivity contribution in [2.45, 2.75) is 19.1 Å². The van der Waals surface area contributed by atoms with Crippen molar-refractivity contribution < 1.29 is 13.2 Å². The Kier molecular flexibility index (Phi) is 3.56. The van der Waals surface area contributed by atoms with Gasteiger partial charge in [0.2, 0.25) is 0 Å². The molecule has 1 atom stereocenters. The van der Waals surface area contributed by atoms with Crippen LogP contribution in [0.5, 0.6) is 0 Å². The number of nitriles is 1. The van der Waals surface area contributed by atoms with Gasteiger partial charge in [0.1, 0.15) is 17.1 Å². The van der Waals surface area contributed by atoms with Crippen molar-refractivity contribution in [1.82, 2.24) is 24.7 Å². The first-order chi connectivity index (χ1) is 11.3. The van der Waals surface area contributed by atoms with Gasteiger partial charge in [0.25, 0.3) is 5.56 Å². The van der Waals surface area contributed by atoms with Crippen LogP contribution in [-0.4, -0.2) is 24.7 Å². The van der Waals surface area contributed by atoms with Crippen molar-refractivity contribution in [3.8, 4) is 6.07 Å². The van der Waals surface area contributed by atoms with Crippen molar-refractivity contribution >= 4 is 11.0 Å². The Labute approximate surface area is 132 Å². The van der Waals surface area contributed by atoms with E-state index in [2.05, 4.69) is 20.1 Å². The summed E-state index contributed by atoms with van der Waals surface area (Å²) in [6, 6.07) is 3.37. The zero-order valence-corrected chi connectivity index (χ0v) is 12.2. The standard InChI is InChI=1S/C14H9F3N6O/c1-7(8-2-3-10(19-5-8)14(15,16)17)23-12-11(9(4-18)22-23)13(24)21-6-20-12/h2-3,5-7H,1H3,(H,20,21,24)/t7-/m1/s1. The van der Waals surface area contributed by atoms with E-state index in [1.807, 2.05) is 6.07 Å². The third-order valence-electron chi connectivity index (χ3n) is 3.53. The maximum atomic E-state index is 12.6. The van der Waals surface area contributed by atoms with Gasteiger partial charge in [-0.25, -0.2) is 9.67 Å². The van der Waals surface area contributed by atoms with Crippen LogP contribution in [0, 0.1) is 11.3 Å². The Bertz CT molecular complexity index is 996. The molecule has 0 radical (unpaired) electrons. The molecule has 24 heavy (non-hydrogen) atoms. The molecule has 1 N–H and O–H groups in total. The summed E-state index contributed by atoms with van der Waals surface area (Å²) in [6.45, 7) is 1.65. The molecule has 0 aromatic carbocycles. The monoisotopic (exact) mass is 334 g/mol. The molecule has 10 heteroatoms. The number of H-pyrrole nitrogens is 1. The normalized spacial score (nSPS) is 13.0. The van der Waals surface area contributed by atoms with Gasteiger partial charge in [-0.2, -0.15) is 23.5 Å². The predicted octanol–water partition coefficient (Wildman–Crippen LogP) is 2.01. The molecule has 122 valence electrons. The number of nitrogens with zero attached hydrogens (tertiary/aromatic N) is 5. The average Bonchev–Trinajstić information content (AvgIpc) is 2.93. The van der Waals surface area contributed by atoms with Gasteiger partial charge in [0.05, 0.1) is 12.4 Å². The minimum Gasteiger partial charge on any atom is -0.312 e. The van der Waals surface area contributed by atoms with Gasteiger partial charge in [0.15, 0.2) is 11.3 Å². The van der Waals surface area contributed by atoms with E-state index < -0.39 is 23.5 Å². The Morgan fingerprint density at radius 3 is 2.67 bits per heavy atom. The number of nitrogens with one attached hydrogen (secondary N) is 1. The summed E-state index contributed by atoms with van der Waals surface area (Å²) in [5.41, 5.74) is -1.02. The fourth-order valence-corrected chi connectivity index (χ4v) is 2.29. The quantitative estimate of drug-likeness (QED) is 0.773. The fourth-order valence-electron chi connectivity index (χ4n) is 2.29. The highest BCUT2D eigenvalue weighted by Gasteiger charge is 2.32. The topological polar surface area (TPSA) is 100 Å². The molecule has 0 bridgehead atoms. The molecule has 7 nitrogen and oxygen atoms in total. The van der Waals surface area contributed by atoms with Crippen LogP contribution in [0.1, 0.15) is 29.9 Å². The number of pyridine rings is 1. The van der Waals surface area contributed by atoms with Crippen LogP contribution >= 0.6 is 0 Å². The van der Waals surface area contributed by atoms with E-state index in [1.165, 1.54) is 17.1 Å². The second-order valence-electron chi connectivity index (χ2n) is 4.99. The highest BCUT2D eigenvalue weighted by atomic mass is 19.4. The zero-order chi connectivity index (χ0) is 17.5. The van der Waals surface area contributed by atoms with E-state index in [9.17, 15) is 18.0 Å². The Morgan fingerprint density at radius 2 is 2.08 bits per heavy atom. The molecule has 0 aliphatic heterocycles. The Morgan fingerprint density at radius 1 is 1.33 bits per heavy atom. The van der Waals surface area contributed by atoms with E-state index >= 15 is 0 Å². The molecule has 3 rings (SSSR count).